The Bertz CT molecular complexity index is 552. The van der Waals surface area contributed by atoms with Crippen molar-refractivity contribution in [1.29, 1.82) is 0 Å². The van der Waals surface area contributed by atoms with Crippen LogP contribution in [0.15, 0.2) is 35.9 Å². The van der Waals surface area contributed by atoms with Crippen LogP contribution in [0.2, 0.25) is 0 Å². The first-order valence-corrected chi connectivity index (χ1v) is 5.46. The smallest absolute Gasteiger partial charge is 0.258 e. The van der Waals surface area contributed by atoms with E-state index in [1.54, 1.807) is 4.90 Å². The topological polar surface area (TPSA) is 20.3 Å². The molecule has 80 valence electrons. The Morgan fingerprint density at radius 1 is 1.25 bits per heavy atom. The van der Waals surface area contributed by atoms with E-state index in [2.05, 4.69) is 19.1 Å². The molecule has 0 N–H and O–H groups in total. The highest BCUT2D eigenvalue weighted by Gasteiger charge is 2.31. The van der Waals surface area contributed by atoms with Crippen LogP contribution in [0, 0.1) is 0 Å². The Kier molecular flexibility index (Phi) is 1.81. The van der Waals surface area contributed by atoms with Crippen LogP contribution in [0.4, 0.5) is 5.69 Å². The van der Waals surface area contributed by atoms with Crippen molar-refractivity contribution in [2.75, 3.05) is 11.9 Å². The van der Waals surface area contributed by atoms with Crippen LogP contribution in [-0.2, 0) is 11.2 Å². The third-order valence-corrected chi connectivity index (χ3v) is 3.30. The first-order valence-electron chi connectivity index (χ1n) is 5.46. The van der Waals surface area contributed by atoms with Crippen LogP contribution >= 0.6 is 0 Å². The Morgan fingerprint density at radius 2 is 2.06 bits per heavy atom. The zero-order chi connectivity index (χ0) is 11.3. The molecule has 1 aliphatic carbocycles. The van der Waals surface area contributed by atoms with E-state index in [1.165, 1.54) is 11.1 Å². The number of nitrogens with zero attached hydrogens (tertiary/aromatic N) is 1. The monoisotopic (exact) mass is 211 g/mol. The molecule has 0 radical (unpaired) electrons. The minimum absolute atomic E-state index is 0.105. The van der Waals surface area contributed by atoms with E-state index in [4.69, 9.17) is 0 Å². The molecule has 2 heteroatoms. The third-order valence-electron chi connectivity index (χ3n) is 3.30. The fourth-order valence-electron chi connectivity index (χ4n) is 2.46. The van der Waals surface area contributed by atoms with E-state index in [1.807, 2.05) is 25.3 Å². The standard InChI is InChI=1S/C14H13NO/c1-9-6-7-11-13-10(8-9)4-3-5-12(13)15(2)14(11)16/h3-7H,8H2,1-2H3. The minimum atomic E-state index is 0.105. The van der Waals surface area contributed by atoms with Crippen molar-refractivity contribution in [3.05, 3.63) is 47.1 Å². The van der Waals surface area contributed by atoms with Gasteiger partial charge in [0.1, 0.15) is 0 Å². The number of likely N-dealkylation sites (N-methyl/N-ethyl adjacent to an activating group) is 1. The van der Waals surface area contributed by atoms with Crippen molar-refractivity contribution in [2.45, 2.75) is 13.3 Å². The van der Waals surface area contributed by atoms with E-state index in [0.717, 1.165) is 23.2 Å². The van der Waals surface area contributed by atoms with Gasteiger partial charge in [-0.1, -0.05) is 23.8 Å². The number of hydrogen-bond donors (Lipinski definition) is 0. The minimum Gasteiger partial charge on any atom is -0.311 e. The summed E-state index contributed by atoms with van der Waals surface area (Å²) in [4.78, 5) is 13.8. The molecule has 0 unspecified atom stereocenters. The van der Waals surface area contributed by atoms with Gasteiger partial charge >= 0.3 is 0 Å². The summed E-state index contributed by atoms with van der Waals surface area (Å²) in [6, 6.07) is 6.15. The normalized spacial score (nSPS) is 17.9. The van der Waals surface area contributed by atoms with Crippen molar-refractivity contribution in [2.24, 2.45) is 0 Å². The van der Waals surface area contributed by atoms with Gasteiger partial charge in [0.2, 0.25) is 0 Å². The summed E-state index contributed by atoms with van der Waals surface area (Å²) >= 11 is 0. The second-order valence-corrected chi connectivity index (χ2v) is 4.45. The summed E-state index contributed by atoms with van der Waals surface area (Å²) in [5.74, 6) is 0.105. The number of hydrogen-bond acceptors (Lipinski definition) is 1. The number of rotatable bonds is 0. The zero-order valence-electron chi connectivity index (χ0n) is 9.45. The van der Waals surface area contributed by atoms with E-state index in [0.29, 0.717) is 0 Å². The lowest BCUT2D eigenvalue weighted by Gasteiger charge is -2.10. The predicted octanol–water partition coefficient (Wildman–Crippen LogP) is 2.55. The Labute approximate surface area is 94.9 Å². The molecule has 1 aliphatic heterocycles. The molecule has 0 spiro atoms. The number of allylic oxidation sites excluding steroid dienone is 3. The fraction of sp³-hybridized carbons (Fsp3) is 0.214. The summed E-state index contributed by atoms with van der Waals surface area (Å²) in [7, 11) is 1.84. The number of benzene rings is 1. The van der Waals surface area contributed by atoms with Crippen molar-refractivity contribution >= 4 is 17.2 Å². The molecule has 0 fully saturated rings. The van der Waals surface area contributed by atoms with Gasteiger partial charge in [-0.2, -0.15) is 0 Å². The molecule has 0 aromatic heterocycles. The molecule has 1 heterocycles. The highest BCUT2D eigenvalue weighted by Crippen LogP contribution is 2.40. The van der Waals surface area contributed by atoms with Gasteiger partial charge in [-0.25, -0.2) is 0 Å². The molecule has 1 aromatic carbocycles. The molecule has 0 atom stereocenters. The molecule has 1 amide bonds. The maximum Gasteiger partial charge on any atom is 0.258 e. The Hall–Kier alpha value is -1.83. The van der Waals surface area contributed by atoms with Crippen LogP contribution in [0.1, 0.15) is 18.1 Å². The van der Waals surface area contributed by atoms with Crippen LogP contribution in [0.25, 0.3) is 5.57 Å². The lowest BCUT2D eigenvalue weighted by atomic mass is 9.98. The molecule has 16 heavy (non-hydrogen) atoms. The van der Waals surface area contributed by atoms with Gasteiger partial charge in [0.05, 0.1) is 5.69 Å². The molecule has 0 saturated heterocycles. The lowest BCUT2D eigenvalue weighted by molar-refractivity contribution is -0.112. The maximum atomic E-state index is 12.1. The molecule has 0 bridgehead atoms. The molecular formula is C14H13NO. The predicted molar refractivity (Wildman–Crippen MR) is 65.3 cm³/mol. The number of carbonyl (C=O) groups excluding carboxylic acids is 1. The molecular weight excluding hydrogens is 198 g/mol. The summed E-state index contributed by atoms with van der Waals surface area (Å²) in [5, 5.41) is 0. The van der Waals surface area contributed by atoms with Crippen molar-refractivity contribution in [3.63, 3.8) is 0 Å². The van der Waals surface area contributed by atoms with Crippen molar-refractivity contribution < 1.29 is 4.79 Å². The van der Waals surface area contributed by atoms with Crippen LogP contribution in [-0.4, -0.2) is 13.0 Å². The first-order chi connectivity index (χ1) is 7.68. The molecule has 2 nitrogen and oxygen atoms in total. The molecule has 1 aromatic rings. The highest BCUT2D eigenvalue weighted by atomic mass is 16.2. The van der Waals surface area contributed by atoms with Gasteiger partial charge in [-0.05, 0) is 31.1 Å². The first kappa shape index (κ1) is 9.40. The van der Waals surface area contributed by atoms with Gasteiger partial charge in [0, 0.05) is 18.2 Å². The second-order valence-electron chi connectivity index (χ2n) is 4.45. The largest absolute Gasteiger partial charge is 0.311 e. The van der Waals surface area contributed by atoms with Gasteiger partial charge in [0.25, 0.3) is 5.91 Å². The van der Waals surface area contributed by atoms with Gasteiger partial charge in [0.15, 0.2) is 0 Å². The number of carbonyl (C=O) groups is 1. The maximum absolute atomic E-state index is 12.1. The summed E-state index contributed by atoms with van der Waals surface area (Å²) in [5.41, 5.74) is 5.56. The zero-order valence-corrected chi connectivity index (χ0v) is 9.45. The molecule has 0 saturated carbocycles. The van der Waals surface area contributed by atoms with E-state index in [9.17, 15) is 4.79 Å². The Balaban J connectivity index is 2.34. The molecule has 2 aliphatic rings. The quantitative estimate of drug-likeness (QED) is 0.645. The lowest BCUT2D eigenvalue weighted by Crippen LogP contribution is -2.20. The van der Waals surface area contributed by atoms with E-state index in [-0.39, 0.29) is 5.91 Å². The van der Waals surface area contributed by atoms with Crippen LogP contribution in [0.3, 0.4) is 0 Å². The van der Waals surface area contributed by atoms with Crippen molar-refractivity contribution in [1.82, 2.24) is 0 Å². The highest BCUT2D eigenvalue weighted by molar-refractivity contribution is 6.33. The number of anilines is 1. The number of amides is 1. The molecule has 3 rings (SSSR count). The van der Waals surface area contributed by atoms with Gasteiger partial charge in [-0.3, -0.25) is 4.79 Å². The van der Waals surface area contributed by atoms with Gasteiger partial charge < -0.3 is 4.90 Å². The summed E-state index contributed by atoms with van der Waals surface area (Å²) in [6.07, 6.45) is 4.94. The average molecular weight is 211 g/mol. The SMILES string of the molecule is CC1=CC=C2C(=O)N(C)c3cccc(c32)C1. The van der Waals surface area contributed by atoms with Gasteiger partial charge in [-0.15, -0.1) is 0 Å². The fourth-order valence-corrected chi connectivity index (χ4v) is 2.46. The van der Waals surface area contributed by atoms with Crippen LogP contribution < -0.4 is 4.90 Å². The Morgan fingerprint density at radius 3 is 2.88 bits per heavy atom. The van der Waals surface area contributed by atoms with Crippen molar-refractivity contribution in [3.8, 4) is 0 Å². The summed E-state index contributed by atoms with van der Waals surface area (Å²) in [6.45, 7) is 2.10. The third kappa shape index (κ3) is 1.10. The van der Waals surface area contributed by atoms with Crippen LogP contribution in [0.5, 0.6) is 0 Å². The second kappa shape index (κ2) is 3.08. The van der Waals surface area contributed by atoms with E-state index >= 15 is 0 Å². The average Bonchev–Trinajstić information content (AvgIpc) is 2.44. The summed E-state index contributed by atoms with van der Waals surface area (Å²) < 4.78 is 0. The van der Waals surface area contributed by atoms with E-state index < -0.39 is 0 Å².